The Hall–Kier alpha value is -1.55. The zero-order valence-electron chi connectivity index (χ0n) is 8.35. The molecule has 0 spiro atoms. The van der Waals surface area contributed by atoms with E-state index in [2.05, 4.69) is 4.98 Å². The number of hydrogen-bond acceptors (Lipinski definition) is 4. The van der Waals surface area contributed by atoms with Gasteiger partial charge in [0.2, 0.25) is 0 Å². The second kappa shape index (κ2) is 3.55. The molecule has 78 valence electrons. The molecule has 2 aromatic rings. The average molecular weight is 204 g/mol. The van der Waals surface area contributed by atoms with Crippen molar-refractivity contribution in [3.05, 3.63) is 24.3 Å². The van der Waals surface area contributed by atoms with E-state index in [0.717, 1.165) is 24.2 Å². The number of aromatic nitrogens is 1. The molecular formula is C11H12N2O2. The van der Waals surface area contributed by atoms with Crippen LogP contribution in [-0.2, 0) is 0 Å². The fourth-order valence-corrected chi connectivity index (χ4v) is 1.78. The zero-order chi connectivity index (χ0) is 10.1. The number of nitrogens with zero attached hydrogens (tertiary/aromatic N) is 2. The molecule has 3 rings (SSSR count). The van der Waals surface area contributed by atoms with Crippen LogP contribution in [0.2, 0.25) is 0 Å². The van der Waals surface area contributed by atoms with Gasteiger partial charge in [0.05, 0.1) is 0 Å². The first-order chi connectivity index (χ1) is 7.42. The Morgan fingerprint density at radius 1 is 1.20 bits per heavy atom. The van der Waals surface area contributed by atoms with Crippen LogP contribution in [0.3, 0.4) is 0 Å². The van der Waals surface area contributed by atoms with E-state index >= 15 is 0 Å². The lowest BCUT2D eigenvalue weighted by Gasteiger charge is -2.11. The van der Waals surface area contributed by atoms with E-state index in [-0.39, 0.29) is 0 Å². The number of rotatable bonds is 2. The van der Waals surface area contributed by atoms with Crippen molar-refractivity contribution in [3.8, 4) is 6.08 Å². The molecule has 0 N–H and O–H groups in total. The van der Waals surface area contributed by atoms with E-state index in [1.165, 1.54) is 12.8 Å². The third-order valence-corrected chi connectivity index (χ3v) is 2.55. The summed E-state index contributed by atoms with van der Waals surface area (Å²) in [5.74, 6) is 0. The van der Waals surface area contributed by atoms with Gasteiger partial charge in [0.25, 0.3) is 0 Å². The number of oxazole rings is 1. The molecule has 0 atom stereocenters. The van der Waals surface area contributed by atoms with Crippen LogP contribution in [-0.4, -0.2) is 23.1 Å². The molecule has 4 heteroatoms. The van der Waals surface area contributed by atoms with Gasteiger partial charge in [0, 0.05) is 13.1 Å². The first-order valence-electron chi connectivity index (χ1n) is 5.20. The summed E-state index contributed by atoms with van der Waals surface area (Å²) in [5.41, 5.74) is 1.61. The molecule has 1 aliphatic rings. The summed E-state index contributed by atoms with van der Waals surface area (Å²) in [6.45, 7) is 1.91. The summed E-state index contributed by atoms with van der Waals surface area (Å²) in [4.78, 5) is 9.76. The molecule has 0 unspecified atom stereocenters. The van der Waals surface area contributed by atoms with Crippen LogP contribution in [0.15, 0.2) is 28.7 Å². The van der Waals surface area contributed by atoms with Gasteiger partial charge in [-0.1, -0.05) is 12.1 Å². The van der Waals surface area contributed by atoms with Gasteiger partial charge in [-0.3, -0.25) is 0 Å². The molecule has 1 aromatic carbocycles. The van der Waals surface area contributed by atoms with Crippen molar-refractivity contribution in [2.24, 2.45) is 0 Å². The molecule has 0 radical (unpaired) electrons. The molecular weight excluding hydrogens is 192 g/mol. The number of hydroxylamine groups is 2. The predicted molar refractivity (Wildman–Crippen MR) is 55.4 cm³/mol. The lowest BCUT2D eigenvalue weighted by Crippen LogP contribution is -2.23. The van der Waals surface area contributed by atoms with E-state index in [0.29, 0.717) is 6.08 Å². The normalized spacial score (nSPS) is 17.3. The van der Waals surface area contributed by atoms with E-state index in [9.17, 15) is 0 Å². The minimum Gasteiger partial charge on any atom is -0.408 e. The van der Waals surface area contributed by atoms with Crippen molar-refractivity contribution in [2.45, 2.75) is 12.8 Å². The molecule has 1 aliphatic heterocycles. The summed E-state index contributed by atoms with van der Waals surface area (Å²) >= 11 is 0. The fourth-order valence-electron chi connectivity index (χ4n) is 1.78. The predicted octanol–water partition coefficient (Wildman–Crippen LogP) is 2.22. The van der Waals surface area contributed by atoms with Crippen LogP contribution in [0, 0.1) is 0 Å². The number of benzene rings is 1. The van der Waals surface area contributed by atoms with Gasteiger partial charge in [-0.05, 0) is 25.0 Å². The molecule has 4 nitrogen and oxygen atoms in total. The summed E-state index contributed by atoms with van der Waals surface area (Å²) in [7, 11) is 0. The quantitative estimate of drug-likeness (QED) is 0.751. The average Bonchev–Trinajstić information content (AvgIpc) is 2.86. The minimum absolute atomic E-state index is 0.345. The van der Waals surface area contributed by atoms with Crippen LogP contribution in [0.4, 0.5) is 0 Å². The largest absolute Gasteiger partial charge is 0.414 e. The maximum atomic E-state index is 5.52. The molecule has 1 aromatic heterocycles. The Morgan fingerprint density at radius 2 is 2.00 bits per heavy atom. The van der Waals surface area contributed by atoms with Crippen molar-refractivity contribution in [3.63, 3.8) is 0 Å². The second-order valence-corrected chi connectivity index (χ2v) is 3.67. The highest BCUT2D eigenvalue weighted by Gasteiger charge is 2.16. The molecule has 0 bridgehead atoms. The Balaban J connectivity index is 1.84. The highest BCUT2D eigenvalue weighted by Crippen LogP contribution is 2.21. The van der Waals surface area contributed by atoms with Crippen molar-refractivity contribution in [1.82, 2.24) is 10.0 Å². The summed E-state index contributed by atoms with van der Waals surface area (Å²) in [6.07, 6.45) is 2.71. The van der Waals surface area contributed by atoms with E-state index in [1.807, 2.05) is 29.3 Å². The lowest BCUT2D eigenvalue weighted by molar-refractivity contribution is -0.0593. The highest BCUT2D eigenvalue weighted by atomic mass is 16.7. The molecule has 2 heterocycles. The third kappa shape index (κ3) is 1.68. The third-order valence-electron chi connectivity index (χ3n) is 2.55. The van der Waals surface area contributed by atoms with Gasteiger partial charge < -0.3 is 9.25 Å². The van der Waals surface area contributed by atoms with Gasteiger partial charge in [0.15, 0.2) is 5.58 Å². The van der Waals surface area contributed by atoms with Gasteiger partial charge in [0.1, 0.15) is 5.52 Å². The van der Waals surface area contributed by atoms with Crippen LogP contribution in [0.5, 0.6) is 6.08 Å². The molecule has 0 aliphatic carbocycles. The number of fused-ring (bicyclic) bond motifs is 1. The van der Waals surface area contributed by atoms with Gasteiger partial charge in [-0.2, -0.15) is 4.98 Å². The zero-order valence-corrected chi connectivity index (χ0v) is 8.35. The standard InChI is InChI=1S/C11H12N2O2/c1-2-6-10-9(5-1)12-11(14-10)15-13-7-3-4-8-13/h1-2,5-6H,3-4,7-8H2. The molecule has 0 amide bonds. The van der Waals surface area contributed by atoms with Gasteiger partial charge in [-0.25, -0.2) is 0 Å². The Kier molecular flexibility index (Phi) is 2.07. The number of hydrogen-bond donors (Lipinski definition) is 0. The van der Waals surface area contributed by atoms with Crippen molar-refractivity contribution >= 4 is 11.1 Å². The summed E-state index contributed by atoms with van der Waals surface area (Å²) in [5, 5.41) is 1.89. The maximum Gasteiger partial charge on any atom is 0.414 e. The molecule has 1 saturated heterocycles. The van der Waals surface area contributed by atoms with Crippen LogP contribution in [0.25, 0.3) is 11.1 Å². The van der Waals surface area contributed by atoms with Crippen LogP contribution in [0.1, 0.15) is 12.8 Å². The Labute approximate surface area is 87.4 Å². The second-order valence-electron chi connectivity index (χ2n) is 3.67. The number of para-hydroxylation sites is 2. The highest BCUT2D eigenvalue weighted by molar-refractivity contribution is 5.72. The summed E-state index contributed by atoms with van der Waals surface area (Å²) in [6, 6.07) is 7.66. The lowest BCUT2D eigenvalue weighted by atomic mass is 10.3. The van der Waals surface area contributed by atoms with Crippen molar-refractivity contribution < 1.29 is 9.25 Å². The summed E-state index contributed by atoms with van der Waals surface area (Å²) < 4.78 is 5.45. The smallest absolute Gasteiger partial charge is 0.408 e. The first kappa shape index (κ1) is 8.73. The molecule has 0 saturated carbocycles. The fraction of sp³-hybridized carbons (Fsp3) is 0.364. The first-order valence-corrected chi connectivity index (χ1v) is 5.20. The monoisotopic (exact) mass is 204 g/mol. The molecule has 1 fully saturated rings. The SMILES string of the molecule is c1ccc2oc(ON3CCCC3)nc2c1. The van der Waals surface area contributed by atoms with E-state index in [1.54, 1.807) is 0 Å². The topological polar surface area (TPSA) is 38.5 Å². The van der Waals surface area contributed by atoms with E-state index < -0.39 is 0 Å². The maximum absolute atomic E-state index is 5.52. The molecule has 15 heavy (non-hydrogen) atoms. The Morgan fingerprint density at radius 3 is 2.80 bits per heavy atom. The van der Waals surface area contributed by atoms with E-state index in [4.69, 9.17) is 9.25 Å². The van der Waals surface area contributed by atoms with Crippen molar-refractivity contribution in [2.75, 3.05) is 13.1 Å². The van der Waals surface area contributed by atoms with Gasteiger partial charge >= 0.3 is 6.08 Å². The van der Waals surface area contributed by atoms with Crippen LogP contribution < -0.4 is 4.84 Å². The van der Waals surface area contributed by atoms with Gasteiger partial charge in [-0.15, -0.1) is 5.06 Å². The minimum atomic E-state index is 0.345. The Bertz CT molecular complexity index is 427. The van der Waals surface area contributed by atoms with Crippen molar-refractivity contribution in [1.29, 1.82) is 0 Å². The van der Waals surface area contributed by atoms with Crippen LogP contribution >= 0.6 is 0 Å².